The zero-order valence-corrected chi connectivity index (χ0v) is 9.63. The molecule has 0 aliphatic rings. The van der Waals surface area contributed by atoms with Gasteiger partial charge in [-0.3, -0.25) is 0 Å². The minimum absolute atomic E-state index is 0.216. The number of nitrogens with one attached hydrogen (secondary N) is 3. The molecular formula is C8H16N4O2S. The molecule has 0 aliphatic carbocycles. The predicted octanol–water partition coefficient (Wildman–Crippen LogP) is -0.0103. The minimum atomic E-state index is -3.40. The molecule has 0 aliphatic heterocycles. The fourth-order valence-electron chi connectivity index (χ4n) is 0.882. The van der Waals surface area contributed by atoms with Gasteiger partial charge in [0.1, 0.15) is 0 Å². The van der Waals surface area contributed by atoms with E-state index in [9.17, 15) is 8.42 Å². The van der Waals surface area contributed by atoms with Crippen molar-refractivity contribution < 1.29 is 8.42 Å². The molecule has 0 atom stereocenters. The molecule has 86 valence electrons. The lowest BCUT2D eigenvalue weighted by atomic mass is 10.2. The lowest BCUT2D eigenvalue weighted by Gasteiger charge is -2.08. The van der Waals surface area contributed by atoms with Gasteiger partial charge >= 0.3 is 0 Å². The van der Waals surface area contributed by atoms with E-state index in [2.05, 4.69) is 19.4 Å². The third-order valence-corrected chi connectivity index (χ3v) is 2.76. The van der Waals surface area contributed by atoms with Crippen LogP contribution in [0.2, 0.25) is 0 Å². The quantitative estimate of drug-likeness (QED) is 0.644. The van der Waals surface area contributed by atoms with Crippen LogP contribution < -0.4 is 9.44 Å². The first kappa shape index (κ1) is 12.2. The Bertz CT molecular complexity index is 371. The Kier molecular flexibility index (Phi) is 4.25. The van der Waals surface area contributed by atoms with Gasteiger partial charge in [0.2, 0.25) is 0 Å². The summed E-state index contributed by atoms with van der Waals surface area (Å²) in [6.07, 6.45) is 3.08. The van der Waals surface area contributed by atoms with Crippen molar-refractivity contribution in [2.24, 2.45) is 5.92 Å². The smallest absolute Gasteiger partial charge is 0.277 e. The molecule has 0 saturated carbocycles. The third-order valence-electron chi connectivity index (χ3n) is 1.69. The Morgan fingerprint density at radius 1 is 1.47 bits per heavy atom. The lowest BCUT2D eigenvalue weighted by molar-refractivity contribution is 0.546. The van der Waals surface area contributed by atoms with Gasteiger partial charge in [0.25, 0.3) is 10.2 Å². The number of imidazole rings is 1. The molecule has 0 unspecified atom stereocenters. The number of H-pyrrole nitrogens is 1. The molecule has 1 heterocycles. The highest BCUT2D eigenvalue weighted by Gasteiger charge is 2.09. The third kappa shape index (κ3) is 4.91. The normalized spacial score (nSPS) is 12.2. The van der Waals surface area contributed by atoms with Crippen molar-refractivity contribution in [3.8, 4) is 0 Å². The monoisotopic (exact) mass is 232 g/mol. The van der Waals surface area contributed by atoms with Crippen LogP contribution in [0.1, 0.15) is 19.5 Å². The van der Waals surface area contributed by atoms with E-state index in [4.69, 9.17) is 0 Å². The second kappa shape index (κ2) is 5.24. The van der Waals surface area contributed by atoms with E-state index in [0.29, 0.717) is 6.54 Å². The first-order valence-electron chi connectivity index (χ1n) is 4.71. The van der Waals surface area contributed by atoms with Crippen molar-refractivity contribution in [3.63, 3.8) is 0 Å². The largest absolute Gasteiger partial charge is 0.347 e. The van der Waals surface area contributed by atoms with Crippen molar-refractivity contribution in [1.29, 1.82) is 0 Å². The lowest BCUT2D eigenvalue weighted by Crippen LogP contribution is -2.38. The number of hydrogen-bond donors (Lipinski definition) is 3. The molecule has 0 spiro atoms. The molecule has 3 N–H and O–H groups in total. The van der Waals surface area contributed by atoms with Crippen molar-refractivity contribution in [1.82, 2.24) is 19.4 Å². The van der Waals surface area contributed by atoms with Gasteiger partial charge in [-0.2, -0.15) is 13.1 Å². The van der Waals surface area contributed by atoms with Crippen LogP contribution in [0.5, 0.6) is 0 Å². The van der Waals surface area contributed by atoms with Gasteiger partial charge in [-0.1, -0.05) is 13.8 Å². The van der Waals surface area contributed by atoms with Crippen molar-refractivity contribution in [3.05, 3.63) is 18.2 Å². The Hall–Kier alpha value is -0.920. The summed E-state index contributed by atoms with van der Waals surface area (Å²) in [7, 11) is -3.40. The van der Waals surface area contributed by atoms with E-state index in [1.807, 2.05) is 13.8 Å². The van der Waals surface area contributed by atoms with Gasteiger partial charge in [0.05, 0.1) is 12.9 Å². The predicted molar refractivity (Wildman–Crippen MR) is 57.2 cm³/mol. The summed E-state index contributed by atoms with van der Waals surface area (Å²) in [6, 6.07) is 0. The van der Waals surface area contributed by atoms with Crippen LogP contribution in [0.3, 0.4) is 0 Å². The number of aromatic amines is 1. The van der Waals surface area contributed by atoms with Gasteiger partial charge in [-0.15, -0.1) is 0 Å². The molecule has 1 aromatic heterocycles. The Morgan fingerprint density at radius 2 is 2.20 bits per heavy atom. The van der Waals surface area contributed by atoms with Crippen LogP contribution in [0, 0.1) is 5.92 Å². The molecule has 1 aromatic rings. The Morgan fingerprint density at radius 3 is 2.73 bits per heavy atom. The standard InChI is InChI=1S/C8H16N4O2S/c1-7(2)3-11-15(13,14)12-5-8-4-9-6-10-8/h4,6-7,11-12H,3,5H2,1-2H3,(H,9,10). The SMILES string of the molecule is CC(C)CNS(=O)(=O)NCc1cnc[nH]1. The van der Waals surface area contributed by atoms with Gasteiger partial charge < -0.3 is 4.98 Å². The minimum Gasteiger partial charge on any atom is -0.347 e. The Balaban J connectivity index is 2.37. The van der Waals surface area contributed by atoms with Crippen LogP contribution in [0.4, 0.5) is 0 Å². The van der Waals surface area contributed by atoms with Crippen molar-refractivity contribution in [2.45, 2.75) is 20.4 Å². The highest BCUT2D eigenvalue weighted by Crippen LogP contribution is 1.92. The zero-order chi connectivity index (χ0) is 11.3. The topological polar surface area (TPSA) is 86.9 Å². The first-order chi connectivity index (χ1) is 6.99. The van der Waals surface area contributed by atoms with Gasteiger partial charge in [-0.05, 0) is 5.92 Å². The highest BCUT2D eigenvalue weighted by molar-refractivity contribution is 7.87. The summed E-state index contributed by atoms with van der Waals surface area (Å²) in [5, 5.41) is 0. The average Bonchev–Trinajstić information content (AvgIpc) is 2.65. The van der Waals surface area contributed by atoms with Gasteiger partial charge in [0, 0.05) is 18.4 Å². The number of hydrogen-bond acceptors (Lipinski definition) is 3. The zero-order valence-electron chi connectivity index (χ0n) is 8.82. The molecule has 0 bridgehead atoms. The van der Waals surface area contributed by atoms with Crippen LogP contribution in [-0.2, 0) is 16.8 Å². The van der Waals surface area contributed by atoms with E-state index < -0.39 is 10.2 Å². The van der Waals surface area contributed by atoms with Gasteiger partial charge in [0.15, 0.2) is 0 Å². The van der Waals surface area contributed by atoms with E-state index in [0.717, 1.165) is 5.69 Å². The summed E-state index contributed by atoms with van der Waals surface area (Å²) in [4.78, 5) is 6.60. The summed E-state index contributed by atoms with van der Waals surface area (Å²) < 4.78 is 27.6. The van der Waals surface area contributed by atoms with E-state index in [-0.39, 0.29) is 12.5 Å². The molecule has 0 radical (unpaired) electrons. The van der Waals surface area contributed by atoms with Crippen LogP contribution in [0.15, 0.2) is 12.5 Å². The molecule has 0 aromatic carbocycles. The van der Waals surface area contributed by atoms with E-state index in [1.165, 1.54) is 6.33 Å². The molecule has 15 heavy (non-hydrogen) atoms. The summed E-state index contributed by atoms with van der Waals surface area (Å²) in [5.41, 5.74) is 0.727. The molecule has 0 saturated heterocycles. The fraction of sp³-hybridized carbons (Fsp3) is 0.625. The van der Waals surface area contributed by atoms with Crippen LogP contribution in [-0.4, -0.2) is 24.9 Å². The maximum atomic E-state index is 11.4. The fourth-order valence-corrected chi connectivity index (χ4v) is 1.88. The van der Waals surface area contributed by atoms with E-state index in [1.54, 1.807) is 6.20 Å². The molecule has 1 rings (SSSR count). The summed E-state index contributed by atoms with van der Waals surface area (Å²) >= 11 is 0. The molecular weight excluding hydrogens is 216 g/mol. The second-order valence-electron chi connectivity index (χ2n) is 3.64. The van der Waals surface area contributed by atoms with Crippen molar-refractivity contribution in [2.75, 3.05) is 6.54 Å². The number of nitrogens with zero attached hydrogens (tertiary/aromatic N) is 1. The number of rotatable bonds is 6. The van der Waals surface area contributed by atoms with Crippen LogP contribution >= 0.6 is 0 Å². The summed E-state index contributed by atoms with van der Waals surface area (Å²) in [6.45, 7) is 4.53. The highest BCUT2D eigenvalue weighted by atomic mass is 32.2. The molecule has 6 nitrogen and oxygen atoms in total. The Labute approximate surface area is 89.7 Å². The number of aromatic nitrogens is 2. The first-order valence-corrected chi connectivity index (χ1v) is 6.19. The summed E-state index contributed by atoms with van der Waals surface area (Å²) in [5.74, 6) is 0.286. The van der Waals surface area contributed by atoms with E-state index >= 15 is 0 Å². The molecule has 7 heteroatoms. The second-order valence-corrected chi connectivity index (χ2v) is 5.23. The average molecular weight is 232 g/mol. The maximum Gasteiger partial charge on any atom is 0.277 e. The van der Waals surface area contributed by atoms with Gasteiger partial charge in [-0.25, -0.2) is 9.71 Å². The molecule has 0 amide bonds. The maximum absolute atomic E-state index is 11.4. The molecule has 0 fully saturated rings. The van der Waals surface area contributed by atoms with Crippen LogP contribution in [0.25, 0.3) is 0 Å². The van der Waals surface area contributed by atoms with Crippen molar-refractivity contribution >= 4 is 10.2 Å².